The molecule has 0 fully saturated rings. The summed E-state index contributed by atoms with van der Waals surface area (Å²) in [6, 6.07) is 7.91. The van der Waals surface area contributed by atoms with Crippen LogP contribution < -0.4 is 10.5 Å². The van der Waals surface area contributed by atoms with E-state index in [0.717, 1.165) is 18.2 Å². The van der Waals surface area contributed by atoms with Gasteiger partial charge in [0.25, 0.3) is 0 Å². The Morgan fingerprint density at radius 2 is 1.44 bits per heavy atom. The van der Waals surface area contributed by atoms with Crippen LogP contribution in [0.25, 0.3) is 0 Å². The van der Waals surface area contributed by atoms with E-state index in [0.29, 0.717) is 36.8 Å². The molecule has 0 saturated heterocycles. The predicted octanol–water partition coefficient (Wildman–Crippen LogP) is 5.78. The van der Waals surface area contributed by atoms with Crippen LogP contribution >= 0.6 is 9.47 Å². The standard InChI is InChI=1S/C21H23F6NO2.C2H6.H3OP/c22-20(23,24)16-7-3-14(4-8-16)2-1-11-30-19-10-6-15(5-9-17(28)13-29)12-18(19)21(25,26)27;2*1-2/h3-4,6-8,10,12,17,29H,1-2,5,9,11,13,28H2;1-2H3;1H,2H2. The zero-order chi connectivity index (χ0) is 26.4. The number of alkyl halides is 6. The van der Waals surface area contributed by atoms with Gasteiger partial charge in [-0.1, -0.05) is 32.0 Å². The number of benzene rings is 2. The summed E-state index contributed by atoms with van der Waals surface area (Å²) in [7, 11) is 1.42. The van der Waals surface area contributed by atoms with Gasteiger partial charge in [0.1, 0.15) is 5.75 Å². The highest BCUT2D eigenvalue weighted by molar-refractivity contribution is 7.08. The van der Waals surface area contributed by atoms with Gasteiger partial charge in [-0.25, -0.2) is 0 Å². The van der Waals surface area contributed by atoms with Gasteiger partial charge in [0.2, 0.25) is 0 Å². The lowest BCUT2D eigenvalue weighted by Crippen LogP contribution is -2.24. The fourth-order valence-electron chi connectivity index (χ4n) is 2.84. The molecule has 2 aromatic carbocycles. The second kappa shape index (κ2) is 15.9. The van der Waals surface area contributed by atoms with Crippen molar-refractivity contribution in [2.45, 2.75) is 57.9 Å². The lowest BCUT2D eigenvalue weighted by molar-refractivity contribution is -0.139. The maximum atomic E-state index is 13.4. The second-order valence-electron chi connectivity index (χ2n) is 6.96. The quantitative estimate of drug-likeness (QED) is 0.225. The summed E-state index contributed by atoms with van der Waals surface area (Å²) in [5.74, 6) is -0.301. The summed E-state index contributed by atoms with van der Waals surface area (Å²) in [6.45, 7) is 3.74. The minimum absolute atomic E-state index is 0.0150. The number of hydrogen-bond acceptors (Lipinski definition) is 4. The Kier molecular flexibility index (Phi) is 15.0. The number of aryl methyl sites for hydroxylation is 2. The zero-order valence-corrected chi connectivity index (χ0v) is 20.2. The molecule has 0 aliphatic rings. The van der Waals surface area contributed by atoms with E-state index in [4.69, 9.17) is 20.5 Å². The highest BCUT2D eigenvalue weighted by Crippen LogP contribution is 2.37. The molecular formula is C23H32F6NO3P. The Morgan fingerprint density at radius 3 is 1.94 bits per heavy atom. The van der Waals surface area contributed by atoms with Crippen molar-refractivity contribution in [2.75, 3.05) is 13.2 Å². The van der Waals surface area contributed by atoms with Gasteiger partial charge in [0.05, 0.1) is 24.3 Å². The topological polar surface area (TPSA) is 75.7 Å². The number of nitrogens with two attached hydrogens (primary N) is 1. The molecule has 0 amide bonds. The predicted molar refractivity (Wildman–Crippen MR) is 123 cm³/mol. The van der Waals surface area contributed by atoms with Crippen LogP contribution in [0.2, 0.25) is 0 Å². The maximum Gasteiger partial charge on any atom is 0.419 e. The van der Waals surface area contributed by atoms with Crippen LogP contribution in [0.3, 0.4) is 0 Å². The molecule has 2 atom stereocenters. The molecule has 0 saturated carbocycles. The highest BCUT2D eigenvalue weighted by atomic mass is 31.0. The minimum Gasteiger partial charge on any atom is -0.493 e. The number of aliphatic hydroxyl groups excluding tert-OH is 1. The van der Waals surface area contributed by atoms with E-state index in [1.54, 1.807) is 0 Å². The summed E-state index contributed by atoms with van der Waals surface area (Å²) in [6.07, 6.45) is -7.66. The fraction of sp³-hybridized carbons (Fsp3) is 0.478. The lowest BCUT2D eigenvalue weighted by Gasteiger charge is -2.16. The summed E-state index contributed by atoms with van der Waals surface area (Å²) in [5.41, 5.74) is 5.00. The molecule has 4 nitrogen and oxygen atoms in total. The van der Waals surface area contributed by atoms with E-state index < -0.39 is 29.5 Å². The molecule has 0 bridgehead atoms. The summed E-state index contributed by atoms with van der Waals surface area (Å²) < 4.78 is 83.1. The molecule has 0 spiro atoms. The molecule has 0 heterocycles. The highest BCUT2D eigenvalue weighted by Gasteiger charge is 2.34. The first-order chi connectivity index (χ1) is 16.0. The molecule has 0 aromatic heterocycles. The molecule has 194 valence electrons. The molecule has 2 rings (SSSR count). The van der Waals surface area contributed by atoms with Gasteiger partial charge >= 0.3 is 12.4 Å². The molecular weight excluding hydrogens is 483 g/mol. The van der Waals surface area contributed by atoms with E-state index in [-0.39, 0.29) is 19.0 Å². The second-order valence-corrected chi connectivity index (χ2v) is 6.96. The smallest absolute Gasteiger partial charge is 0.419 e. The van der Waals surface area contributed by atoms with Crippen LogP contribution in [0.15, 0.2) is 42.5 Å². The first kappa shape index (κ1) is 32.1. The SMILES string of the molecule is CC.NC(CO)CCc1ccc(OCCCc2ccc(C(F)(F)F)cc2)c(C(F)(F)F)c1.OP. The number of aliphatic hydroxyl groups is 1. The first-order valence-electron chi connectivity index (χ1n) is 10.6. The van der Waals surface area contributed by atoms with Crippen molar-refractivity contribution in [3.8, 4) is 5.75 Å². The third kappa shape index (κ3) is 11.5. The van der Waals surface area contributed by atoms with Crippen LogP contribution in [0.5, 0.6) is 5.75 Å². The fourth-order valence-corrected chi connectivity index (χ4v) is 2.84. The third-order valence-corrected chi connectivity index (χ3v) is 4.54. The molecule has 2 aromatic rings. The minimum atomic E-state index is -4.60. The largest absolute Gasteiger partial charge is 0.493 e. The van der Waals surface area contributed by atoms with E-state index in [2.05, 4.69) is 0 Å². The lowest BCUT2D eigenvalue weighted by atomic mass is 10.0. The van der Waals surface area contributed by atoms with E-state index in [1.165, 1.54) is 33.7 Å². The van der Waals surface area contributed by atoms with Crippen LogP contribution in [0.4, 0.5) is 26.3 Å². The summed E-state index contributed by atoms with van der Waals surface area (Å²) >= 11 is 0. The van der Waals surface area contributed by atoms with E-state index in [9.17, 15) is 26.3 Å². The van der Waals surface area contributed by atoms with Crippen LogP contribution in [-0.4, -0.2) is 29.3 Å². The van der Waals surface area contributed by atoms with Gasteiger partial charge in [-0.2, -0.15) is 26.3 Å². The zero-order valence-electron chi connectivity index (χ0n) is 19.1. The van der Waals surface area contributed by atoms with Gasteiger partial charge in [0, 0.05) is 6.04 Å². The monoisotopic (exact) mass is 515 g/mol. The third-order valence-electron chi connectivity index (χ3n) is 4.54. The normalized spacial score (nSPS) is 12.1. The molecule has 0 aliphatic heterocycles. The first-order valence-corrected chi connectivity index (χ1v) is 11.1. The van der Waals surface area contributed by atoms with Crippen LogP contribution in [0.1, 0.15) is 48.9 Å². The Hall–Kier alpha value is -1.87. The molecule has 11 heteroatoms. The van der Waals surface area contributed by atoms with Gasteiger partial charge < -0.3 is 20.5 Å². The molecule has 34 heavy (non-hydrogen) atoms. The van der Waals surface area contributed by atoms with Crippen molar-refractivity contribution in [3.05, 3.63) is 64.7 Å². The van der Waals surface area contributed by atoms with Gasteiger partial charge in [-0.3, -0.25) is 0 Å². The van der Waals surface area contributed by atoms with Crippen molar-refractivity contribution >= 4 is 9.47 Å². The number of ether oxygens (including phenoxy) is 1. The van der Waals surface area contributed by atoms with Gasteiger partial charge in [0.15, 0.2) is 0 Å². The van der Waals surface area contributed by atoms with Crippen molar-refractivity contribution < 1.29 is 41.1 Å². The number of rotatable bonds is 9. The Labute approximate surface area is 198 Å². The number of halogens is 6. The average Bonchev–Trinajstić information content (AvgIpc) is 2.82. The Bertz CT molecular complexity index is 814. The van der Waals surface area contributed by atoms with Crippen LogP contribution in [-0.2, 0) is 25.2 Å². The number of hydrogen-bond donors (Lipinski definition) is 3. The van der Waals surface area contributed by atoms with Gasteiger partial charge in [-0.15, -0.1) is 0 Å². The Balaban J connectivity index is 0.00000258. The Morgan fingerprint density at radius 1 is 0.882 bits per heavy atom. The van der Waals surface area contributed by atoms with Crippen molar-refractivity contribution in [1.82, 2.24) is 0 Å². The molecule has 0 radical (unpaired) electrons. The van der Waals surface area contributed by atoms with E-state index >= 15 is 0 Å². The average molecular weight is 515 g/mol. The van der Waals surface area contributed by atoms with Crippen LogP contribution in [0, 0.1) is 0 Å². The van der Waals surface area contributed by atoms with Crippen molar-refractivity contribution in [2.24, 2.45) is 5.73 Å². The summed E-state index contributed by atoms with van der Waals surface area (Å²) in [5, 5.41) is 8.92. The molecule has 2 unspecified atom stereocenters. The van der Waals surface area contributed by atoms with Crippen molar-refractivity contribution in [3.63, 3.8) is 0 Å². The van der Waals surface area contributed by atoms with E-state index in [1.807, 2.05) is 13.8 Å². The summed E-state index contributed by atoms with van der Waals surface area (Å²) in [4.78, 5) is 6.92. The maximum absolute atomic E-state index is 13.4. The molecule has 0 aliphatic carbocycles. The molecule has 4 N–H and O–H groups in total. The van der Waals surface area contributed by atoms with Gasteiger partial charge in [-0.05, 0) is 70.5 Å². The van der Waals surface area contributed by atoms with Crippen molar-refractivity contribution in [1.29, 1.82) is 0 Å².